The summed E-state index contributed by atoms with van der Waals surface area (Å²) in [4.78, 5) is 10.5. The summed E-state index contributed by atoms with van der Waals surface area (Å²) in [7, 11) is 0. The molecule has 0 aliphatic carbocycles. The molecule has 1 aromatic heterocycles. The topological polar surface area (TPSA) is 94.9 Å². The van der Waals surface area contributed by atoms with Gasteiger partial charge in [0.05, 0.1) is 0 Å². The molecule has 1 rings (SSSR count). The Morgan fingerprint density at radius 3 is 2.73 bits per heavy atom. The lowest BCUT2D eigenvalue weighted by Gasteiger charge is -1.84. The van der Waals surface area contributed by atoms with E-state index < -0.39 is 5.91 Å². The molecule has 4 N–H and O–H groups in total. The van der Waals surface area contributed by atoms with Crippen molar-refractivity contribution in [2.75, 3.05) is 6.54 Å². The maximum Gasteiger partial charge on any atom is 0.279 e. The van der Waals surface area contributed by atoms with Crippen molar-refractivity contribution in [3.63, 3.8) is 0 Å². The second kappa shape index (κ2) is 3.40. The van der Waals surface area contributed by atoms with Gasteiger partial charge in [0.25, 0.3) is 5.91 Å². The molecule has 60 valence electrons. The third kappa shape index (κ3) is 1.95. The summed E-state index contributed by atoms with van der Waals surface area (Å²) in [6, 6.07) is 0. The second-order valence-electron chi connectivity index (χ2n) is 1.90. The summed E-state index contributed by atoms with van der Waals surface area (Å²) in [6.07, 6.45) is 0.644. The molecular weight excluding hydrogens is 164 g/mol. The average molecular weight is 172 g/mol. The van der Waals surface area contributed by atoms with Gasteiger partial charge < -0.3 is 11.5 Å². The lowest BCUT2D eigenvalue weighted by Crippen LogP contribution is -2.10. The number of nitrogens with two attached hydrogens (primary N) is 2. The van der Waals surface area contributed by atoms with E-state index in [2.05, 4.69) is 10.2 Å². The van der Waals surface area contributed by atoms with Crippen LogP contribution in [0.25, 0.3) is 0 Å². The van der Waals surface area contributed by atoms with Crippen LogP contribution in [0.3, 0.4) is 0 Å². The number of carbonyl (C=O) groups excluding carboxylic acids is 1. The van der Waals surface area contributed by atoms with E-state index in [0.29, 0.717) is 13.0 Å². The molecule has 0 unspecified atom stereocenters. The van der Waals surface area contributed by atoms with E-state index in [1.165, 1.54) is 11.3 Å². The van der Waals surface area contributed by atoms with Crippen LogP contribution in [-0.4, -0.2) is 22.6 Å². The molecule has 0 fully saturated rings. The van der Waals surface area contributed by atoms with Crippen molar-refractivity contribution < 1.29 is 4.79 Å². The smallest absolute Gasteiger partial charge is 0.279 e. The summed E-state index contributed by atoms with van der Waals surface area (Å²) in [5.74, 6) is -0.536. The minimum absolute atomic E-state index is 0.244. The van der Waals surface area contributed by atoms with Crippen LogP contribution in [0.1, 0.15) is 14.8 Å². The fourth-order valence-electron chi connectivity index (χ4n) is 0.578. The van der Waals surface area contributed by atoms with E-state index in [9.17, 15) is 4.79 Å². The molecule has 0 bridgehead atoms. The first-order chi connectivity index (χ1) is 5.24. The SMILES string of the molecule is NCCc1nnc(C(N)=O)s1. The Bertz CT molecular complexity index is 259. The number of amides is 1. The Hall–Kier alpha value is -1.01. The Labute approximate surface area is 67.4 Å². The van der Waals surface area contributed by atoms with E-state index in [1.807, 2.05) is 0 Å². The quantitative estimate of drug-likeness (QED) is 0.620. The molecule has 0 atom stereocenters. The van der Waals surface area contributed by atoms with Gasteiger partial charge in [-0.3, -0.25) is 4.79 Å². The van der Waals surface area contributed by atoms with Crippen molar-refractivity contribution in [2.45, 2.75) is 6.42 Å². The monoisotopic (exact) mass is 172 g/mol. The van der Waals surface area contributed by atoms with Crippen molar-refractivity contribution in [1.29, 1.82) is 0 Å². The van der Waals surface area contributed by atoms with Crippen molar-refractivity contribution in [3.8, 4) is 0 Å². The normalized spacial score (nSPS) is 9.91. The van der Waals surface area contributed by atoms with Crippen LogP contribution in [-0.2, 0) is 6.42 Å². The van der Waals surface area contributed by atoms with Crippen molar-refractivity contribution in [1.82, 2.24) is 10.2 Å². The summed E-state index contributed by atoms with van der Waals surface area (Å²) >= 11 is 1.19. The first-order valence-electron chi connectivity index (χ1n) is 3.06. The van der Waals surface area contributed by atoms with Crippen molar-refractivity contribution in [2.24, 2.45) is 11.5 Å². The van der Waals surface area contributed by atoms with Gasteiger partial charge in [0.1, 0.15) is 5.01 Å². The van der Waals surface area contributed by atoms with Gasteiger partial charge in [-0.2, -0.15) is 0 Å². The predicted molar refractivity (Wildman–Crippen MR) is 41.2 cm³/mol. The highest BCUT2D eigenvalue weighted by Gasteiger charge is 2.07. The highest BCUT2D eigenvalue weighted by molar-refractivity contribution is 7.13. The Kier molecular flexibility index (Phi) is 2.50. The maximum atomic E-state index is 10.5. The van der Waals surface area contributed by atoms with E-state index in [4.69, 9.17) is 11.5 Å². The standard InChI is InChI=1S/C5H8N4OS/c6-2-1-3-8-9-5(11-3)4(7)10/h1-2,6H2,(H2,7,10). The summed E-state index contributed by atoms with van der Waals surface area (Å²) < 4.78 is 0. The molecule has 6 heteroatoms. The molecule has 0 aromatic carbocycles. The summed E-state index contributed by atoms with van der Waals surface area (Å²) in [5, 5.41) is 8.28. The number of primary amides is 1. The summed E-state index contributed by atoms with van der Waals surface area (Å²) in [6.45, 7) is 0.507. The number of rotatable bonds is 3. The average Bonchev–Trinajstić information content (AvgIpc) is 2.37. The highest BCUT2D eigenvalue weighted by atomic mass is 32.1. The van der Waals surface area contributed by atoms with Crippen LogP contribution in [0.15, 0.2) is 0 Å². The fraction of sp³-hybridized carbons (Fsp3) is 0.400. The largest absolute Gasteiger partial charge is 0.363 e. The number of nitrogens with zero attached hydrogens (tertiary/aromatic N) is 2. The van der Waals surface area contributed by atoms with E-state index in [-0.39, 0.29) is 5.01 Å². The second-order valence-corrected chi connectivity index (χ2v) is 2.97. The predicted octanol–water partition coefficient (Wildman–Crippen LogP) is -0.862. The molecule has 11 heavy (non-hydrogen) atoms. The zero-order chi connectivity index (χ0) is 8.27. The molecule has 0 aliphatic heterocycles. The zero-order valence-corrected chi connectivity index (χ0v) is 6.60. The molecular formula is C5H8N4OS. The number of hydrogen-bond acceptors (Lipinski definition) is 5. The van der Waals surface area contributed by atoms with Crippen LogP contribution in [0.4, 0.5) is 0 Å². The van der Waals surface area contributed by atoms with Gasteiger partial charge in [0.15, 0.2) is 0 Å². The lowest BCUT2D eigenvalue weighted by atomic mass is 10.5. The van der Waals surface area contributed by atoms with Gasteiger partial charge >= 0.3 is 0 Å². The van der Waals surface area contributed by atoms with Gasteiger partial charge in [0, 0.05) is 6.42 Å². The summed E-state index contributed by atoms with van der Waals surface area (Å²) in [5.41, 5.74) is 10.2. The molecule has 1 aromatic rings. The van der Waals surface area contributed by atoms with Crippen LogP contribution < -0.4 is 11.5 Å². The maximum absolute atomic E-state index is 10.5. The van der Waals surface area contributed by atoms with Gasteiger partial charge in [-0.05, 0) is 6.54 Å². The molecule has 0 radical (unpaired) electrons. The molecule has 1 amide bonds. The third-order valence-electron chi connectivity index (χ3n) is 1.04. The van der Waals surface area contributed by atoms with Crippen molar-refractivity contribution in [3.05, 3.63) is 10.0 Å². The molecule has 0 aliphatic rings. The third-order valence-corrected chi connectivity index (χ3v) is 2.03. The van der Waals surface area contributed by atoms with Crippen LogP contribution in [0.2, 0.25) is 0 Å². The molecule has 0 saturated heterocycles. The first kappa shape index (κ1) is 8.09. The van der Waals surface area contributed by atoms with Crippen LogP contribution in [0, 0.1) is 0 Å². The number of hydrogen-bond donors (Lipinski definition) is 2. The van der Waals surface area contributed by atoms with Crippen LogP contribution >= 0.6 is 11.3 Å². The Morgan fingerprint density at radius 2 is 2.27 bits per heavy atom. The molecule has 5 nitrogen and oxygen atoms in total. The van der Waals surface area contributed by atoms with Crippen LogP contribution in [0.5, 0.6) is 0 Å². The lowest BCUT2D eigenvalue weighted by molar-refractivity contribution is 0.0999. The van der Waals surface area contributed by atoms with E-state index >= 15 is 0 Å². The number of aromatic nitrogens is 2. The zero-order valence-electron chi connectivity index (χ0n) is 5.78. The molecule has 1 heterocycles. The van der Waals surface area contributed by atoms with Gasteiger partial charge in [-0.1, -0.05) is 11.3 Å². The number of carbonyl (C=O) groups is 1. The highest BCUT2D eigenvalue weighted by Crippen LogP contribution is 2.08. The minimum Gasteiger partial charge on any atom is -0.363 e. The Morgan fingerprint density at radius 1 is 1.55 bits per heavy atom. The van der Waals surface area contributed by atoms with Gasteiger partial charge in [0.2, 0.25) is 5.01 Å². The van der Waals surface area contributed by atoms with Gasteiger partial charge in [-0.25, -0.2) is 0 Å². The van der Waals surface area contributed by atoms with E-state index in [1.54, 1.807) is 0 Å². The Balaban J connectivity index is 2.73. The van der Waals surface area contributed by atoms with E-state index in [0.717, 1.165) is 5.01 Å². The first-order valence-corrected chi connectivity index (χ1v) is 3.88. The molecule has 0 saturated carbocycles. The van der Waals surface area contributed by atoms with Crippen molar-refractivity contribution >= 4 is 17.2 Å². The van der Waals surface area contributed by atoms with Gasteiger partial charge in [-0.15, -0.1) is 10.2 Å². The minimum atomic E-state index is -0.536. The fourth-order valence-corrected chi connectivity index (χ4v) is 1.28. The molecule has 0 spiro atoms.